The number of amides is 1. The number of methoxy groups -OCH3 is 1. The Labute approximate surface area is 105 Å². The number of carboxylic acids is 1. The van der Waals surface area contributed by atoms with Crippen molar-refractivity contribution in [3.05, 3.63) is 29.3 Å². The van der Waals surface area contributed by atoms with E-state index in [1.54, 1.807) is 30.0 Å². The van der Waals surface area contributed by atoms with Gasteiger partial charge in [0.1, 0.15) is 6.10 Å². The minimum atomic E-state index is -0.989. The molecule has 1 unspecified atom stereocenters. The Hall–Kier alpha value is -1.88. The molecule has 1 aliphatic heterocycles. The van der Waals surface area contributed by atoms with Crippen LogP contribution in [0.15, 0.2) is 18.2 Å². The lowest BCUT2D eigenvalue weighted by molar-refractivity contribution is -0.127. The molecule has 0 fully saturated rings. The molecule has 1 atom stereocenters. The maximum Gasteiger partial charge on any atom is 0.335 e. The van der Waals surface area contributed by atoms with E-state index in [0.29, 0.717) is 12.2 Å². The van der Waals surface area contributed by atoms with Gasteiger partial charge < -0.3 is 14.7 Å². The summed E-state index contributed by atoms with van der Waals surface area (Å²) in [6.07, 6.45) is 0.224. The smallest absolute Gasteiger partial charge is 0.335 e. The Balaban J connectivity index is 2.34. The molecule has 1 aromatic carbocycles. The van der Waals surface area contributed by atoms with Gasteiger partial charge in [-0.15, -0.1) is 0 Å². The molecule has 1 aliphatic rings. The molecule has 0 radical (unpaired) electrons. The van der Waals surface area contributed by atoms with Crippen LogP contribution in [0.4, 0.5) is 5.69 Å². The van der Waals surface area contributed by atoms with E-state index < -0.39 is 12.1 Å². The zero-order valence-corrected chi connectivity index (χ0v) is 10.3. The SMILES string of the molecule is COC(C)C(=O)N1CCc2ccc(C(=O)O)cc21. The topological polar surface area (TPSA) is 66.8 Å². The summed E-state index contributed by atoms with van der Waals surface area (Å²) in [7, 11) is 1.48. The number of hydrogen-bond acceptors (Lipinski definition) is 3. The molecule has 0 aromatic heterocycles. The third kappa shape index (κ3) is 2.09. The molecule has 0 saturated heterocycles. The van der Waals surface area contributed by atoms with Crippen LogP contribution in [0.1, 0.15) is 22.8 Å². The zero-order chi connectivity index (χ0) is 13.3. The molecule has 18 heavy (non-hydrogen) atoms. The number of fused-ring (bicyclic) bond motifs is 1. The lowest BCUT2D eigenvalue weighted by Crippen LogP contribution is -2.37. The molecule has 1 aromatic rings. The summed E-state index contributed by atoms with van der Waals surface area (Å²) >= 11 is 0. The first-order valence-corrected chi connectivity index (χ1v) is 5.75. The van der Waals surface area contributed by atoms with Crippen LogP contribution in [0.2, 0.25) is 0 Å². The van der Waals surface area contributed by atoms with Gasteiger partial charge in [0.05, 0.1) is 5.56 Å². The highest BCUT2D eigenvalue weighted by Gasteiger charge is 2.28. The molecule has 5 heteroatoms. The van der Waals surface area contributed by atoms with Crippen LogP contribution in [0.3, 0.4) is 0 Å². The maximum atomic E-state index is 12.1. The van der Waals surface area contributed by atoms with Crippen molar-refractivity contribution in [2.45, 2.75) is 19.4 Å². The molecule has 0 aliphatic carbocycles. The fourth-order valence-electron chi connectivity index (χ4n) is 2.06. The van der Waals surface area contributed by atoms with E-state index >= 15 is 0 Å². The Bertz CT molecular complexity index is 498. The van der Waals surface area contributed by atoms with Gasteiger partial charge in [-0.1, -0.05) is 6.07 Å². The summed E-state index contributed by atoms with van der Waals surface area (Å²) < 4.78 is 5.01. The number of hydrogen-bond donors (Lipinski definition) is 1. The van der Waals surface area contributed by atoms with Crippen molar-refractivity contribution in [1.29, 1.82) is 0 Å². The van der Waals surface area contributed by atoms with E-state index in [2.05, 4.69) is 0 Å². The van der Waals surface area contributed by atoms with Gasteiger partial charge in [-0.3, -0.25) is 4.79 Å². The molecular formula is C13H15NO4. The number of anilines is 1. The van der Waals surface area contributed by atoms with Gasteiger partial charge >= 0.3 is 5.97 Å². The van der Waals surface area contributed by atoms with Crippen molar-refractivity contribution in [2.24, 2.45) is 0 Å². The first-order valence-electron chi connectivity index (χ1n) is 5.75. The number of ether oxygens (including phenoxy) is 1. The van der Waals surface area contributed by atoms with Crippen LogP contribution in [0.25, 0.3) is 0 Å². The Morgan fingerprint density at radius 3 is 2.78 bits per heavy atom. The van der Waals surface area contributed by atoms with Crippen molar-refractivity contribution < 1.29 is 19.4 Å². The van der Waals surface area contributed by atoms with Crippen molar-refractivity contribution in [3.63, 3.8) is 0 Å². The predicted molar refractivity (Wildman–Crippen MR) is 65.9 cm³/mol. The number of rotatable bonds is 3. The van der Waals surface area contributed by atoms with Gasteiger partial charge in [0.2, 0.25) is 0 Å². The van der Waals surface area contributed by atoms with Gasteiger partial charge in [-0.05, 0) is 31.0 Å². The highest BCUT2D eigenvalue weighted by molar-refractivity contribution is 5.99. The third-order valence-electron chi connectivity index (χ3n) is 3.20. The van der Waals surface area contributed by atoms with Crippen LogP contribution in [-0.2, 0) is 16.0 Å². The number of carboxylic acid groups (broad SMARTS) is 1. The lowest BCUT2D eigenvalue weighted by Gasteiger charge is -2.20. The molecule has 0 bridgehead atoms. The summed E-state index contributed by atoms with van der Waals surface area (Å²) in [4.78, 5) is 24.6. The largest absolute Gasteiger partial charge is 0.478 e. The van der Waals surface area contributed by atoms with Crippen molar-refractivity contribution in [1.82, 2.24) is 0 Å². The Morgan fingerprint density at radius 1 is 1.44 bits per heavy atom. The highest BCUT2D eigenvalue weighted by atomic mass is 16.5. The van der Waals surface area contributed by atoms with E-state index in [9.17, 15) is 9.59 Å². The lowest BCUT2D eigenvalue weighted by atomic mass is 10.1. The zero-order valence-electron chi connectivity index (χ0n) is 10.3. The molecule has 5 nitrogen and oxygen atoms in total. The van der Waals surface area contributed by atoms with Crippen LogP contribution < -0.4 is 4.90 Å². The molecule has 96 valence electrons. The van der Waals surface area contributed by atoms with Crippen LogP contribution in [-0.4, -0.2) is 36.7 Å². The number of carbonyl (C=O) groups is 2. The fourth-order valence-corrected chi connectivity index (χ4v) is 2.06. The van der Waals surface area contributed by atoms with E-state index in [-0.39, 0.29) is 11.5 Å². The summed E-state index contributed by atoms with van der Waals surface area (Å²) in [6.45, 7) is 2.26. The summed E-state index contributed by atoms with van der Waals surface area (Å²) in [5, 5.41) is 8.97. The first kappa shape index (κ1) is 12.6. The van der Waals surface area contributed by atoms with Crippen LogP contribution in [0, 0.1) is 0 Å². The Morgan fingerprint density at radius 2 is 2.17 bits per heavy atom. The minimum absolute atomic E-state index is 0.140. The molecule has 0 spiro atoms. The van der Waals surface area contributed by atoms with E-state index in [1.807, 2.05) is 0 Å². The maximum absolute atomic E-state index is 12.1. The average molecular weight is 249 g/mol. The van der Waals surface area contributed by atoms with Gasteiger partial charge in [0.25, 0.3) is 5.91 Å². The molecule has 1 N–H and O–H groups in total. The van der Waals surface area contributed by atoms with Crippen molar-refractivity contribution in [3.8, 4) is 0 Å². The second-order valence-corrected chi connectivity index (χ2v) is 4.27. The molecule has 1 heterocycles. The molecule has 0 saturated carbocycles. The Kier molecular flexibility index (Phi) is 3.34. The summed E-state index contributed by atoms with van der Waals surface area (Å²) in [5.74, 6) is -1.13. The van der Waals surface area contributed by atoms with Crippen LogP contribution in [0.5, 0.6) is 0 Å². The van der Waals surface area contributed by atoms with Crippen LogP contribution >= 0.6 is 0 Å². The van der Waals surface area contributed by atoms with Crippen molar-refractivity contribution >= 4 is 17.6 Å². The van der Waals surface area contributed by atoms with E-state index in [0.717, 1.165) is 12.0 Å². The third-order valence-corrected chi connectivity index (χ3v) is 3.20. The highest BCUT2D eigenvalue weighted by Crippen LogP contribution is 2.29. The standard InChI is InChI=1S/C13H15NO4/c1-8(18-2)12(15)14-6-5-9-3-4-10(13(16)17)7-11(9)14/h3-4,7-8H,5-6H2,1-2H3,(H,16,17). The van der Waals surface area contributed by atoms with Gasteiger partial charge in [-0.2, -0.15) is 0 Å². The quantitative estimate of drug-likeness (QED) is 0.877. The number of carbonyl (C=O) groups excluding carboxylic acids is 1. The van der Waals surface area contributed by atoms with E-state index in [4.69, 9.17) is 9.84 Å². The van der Waals surface area contributed by atoms with Gasteiger partial charge in [-0.25, -0.2) is 4.79 Å². The monoisotopic (exact) mass is 249 g/mol. The summed E-state index contributed by atoms with van der Waals surface area (Å²) in [5.41, 5.74) is 1.87. The fraction of sp³-hybridized carbons (Fsp3) is 0.385. The second kappa shape index (κ2) is 4.78. The normalized spacial score (nSPS) is 15.3. The first-order chi connectivity index (χ1) is 8.54. The van der Waals surface area contributed by atoms with Gasteiger partial charge in [0, 0.05) is 19.3 Å². The summed E-state index contributed by atoms with van der Waals surface area (Å²) in [6, 6.07) is 4.88. The number of aromatic carboxylic acids is 1. The molecule has 1 amide bonds. The van der Waals surface area contributed by atoms with E-state index in [1.165, 1.54) is 7.11 Å². The molecule has 2 rings (SSSR count). The minimum Gasteiger partial charge on any atom is -0.478 e. The molecular weight excluding hydrogens is 234 g/mol. The second-order valence-electron chi connectivity index (χ2n) is 4.27. The van der Waals surface area contributed by atoms with Gasteiger partial charge in [0.15, 0.2) is 0 Å². The number of nitrogens with zero attached hydrogens (tertiary/aromatic N) is 1. The predicted octanol–water partition coefficient (Wildman–Crippen LogP) is 1.31. The average Bonchev–Trinajstić information content (AvgIpc) is 2.79. The number of benzene rings is 1. The van der Waals surface area contributed by atoms with Crippen molar-refractivity contribution in [2.75, 3.05) is 18.6 Å².